The fourth-order valence-electron chi connectivity index (χ4n) is 4.87. The van der Waals surface area contributed by atoms with Gasteiger partial charge >= 0.3 is 0 Å². The quantitative estimate of drug-likeness (QED) is 0.922. The molecule has 2 fully saturated rings. The summed E-state index contributed by atoms with van der Waals surface area (Å²) in [5, 5.41) is 9.89. The molecule has 1 N–H and O–H groups in total. The molecule has 1 aliphatic heterocycles. The molecule has 1 aromatic carbocycles. The Labute approximate surface area is 154 Å². The van der Waals surface area contributed by atoms with Crippen LogP contribution in [-0.2, 0) is 10.2 Å². The number of aliphatic hydroxyl groups is 1. The van der Waals surface area contributed by atoms with Crippen molar-refractivity contribution in [1.29, 1.82) is 0 Å². The van der Waals surface area contributed by atoms with Crippen molar-refractivity contribution in [3.05, 3.63) is 66.0 Å². The van der Waals surface area contributed by atoms with Gasteiger partial charge in [0.05, 0.1) is 5.41 Å². The topological polar surface area (TPSA) is 53.4 Å². The van der Waals surface area contributed by atoms with Crippen molar-refractivity contribution >= 4 is 5.91 Å². The zero-order valence-corrected chi connectivity index (χ0v) is 15.1. The van der Waals surface area contributed by atoms with Crippen LogP contribution in [0.3, 0.4) is 0 Å². The van der Waals surface area contributed by atoms with Gasteiger partial charge in [-0.25, -0.2) is 0 Å². The Morgan fingerprint density at radius 2 is 1.77 bits per heavy atom. The number of pyridine rings is 1. The first-order chi connectivity index (χ1) is 12.7. The molecule has 2 aromatic rings. The predicted octanol–water partition coefficient (Wildman–Crippen LogP) is 3.13. The Morgan fingerprint density at radius 1 is 1.08 bits per heavy atom. The van der Waals surface area contributed by atoms with Crippen LogP contribution in [0.1, 0.15) is 42.7 Å². The van der Waals surface area contributed by atoms with Gasteiger partial charge in [-0.2, -0.15) is 0 Å². The zero-order chi connectivity index (χ0) is 18.0. The minimum Gasteiger partial charge on any atom is -0.396 e. The van der Waals surface area contributed by atoms with Gasteiger partial charge in [-0.1, -0.05) is 43.2 Å². The molecule has 4 heteroatoms. The lowest BCUT2D eigenvalue weighted by Gasteiger charge is -2.33. The molecule has 0 spiro atoms. The molecule has 4 nitrogen and oxygen atoms in total. The van der Waals surface area contributed by atoms with Crippen molar-refractivity contribution in [2.75, 3.05) is 19.7 Å². The maximum absolute atomic E-state index is 13.6. The highest BCUT2D eigenvalue weighted by Crippen LogP contribution is 2.44. The highest BCUT2D eigenvalue weighted by Gasteiger charge is 2.47. The first-order valence-electron chi connectivity index (χ1n) is 9.60. The van der Waals surface area contributed by atoms with E-state index in [-0.39, 0.29) is 29.8 Å². The fourth-order valence-corrected chi connectivity index (χ4v) is 4.87. The van der Waals surface area contributed by atoms with Crippen molar-refractivity contribution < 1.29 is 9.90 Å². The monoisotopic (exact) mass is 350 g/mol. The number of hydrogen-bond donors (Lipinski definition) is 1. The molecule has 1 saturated carbocycles. The largest absolute Gasteiger partial charge is 0.396 e. The summed E-state index contributed by atoms with van der Waals surface area (Å²) in [7, 11) is 0. The predicted molar refractivity (Wildman–Crippen MR) is 101 cm³/mol. The maximum atomic E-state index is 13.6. The smallest absolute Gasteiger partial charge is 0.233 e. The number of likely N-dealkylation sites (tertiary alicyclic amines) is 1. The lowest BCUT2D eigenvalue weighted by Crippen LogP contribution is -2.44. The molecule has 1 amide bonds. The average molecular weight is 350 g/mol. The molecule has 2 unspecified atom stereocenters. The Morgan fingerprint density at radius 3 is 2.42 bits per heavy atom. The molecule has 0 radical (unpaired) electrons. The van der Waals surface area contributed by atoms with Crippen molar-refractivity contribution in [3.63, 3.8) is 0 Å². The molecular weight excluding hydrogens is 324 g/mol. The molecule has 1 saturated heterocycles. The van der Waals surface area contributed by atoms with E-state index in [0.29, 0.717) is 13.1 Å². The molecule has 2 aliphatic rings. The standard InChI is InChI=1S/C22H26N2O2/c25-16-18-14-24(15-20(18)17-8-12-23-13-9-17)21(26)22(10-4-5-11-22)19-6-2-1-3-7-19/h1-3,6-9,12-13,18,20,25H,4-5,10-11,14-16H2. The van der Waals surface area contributed by atoms with Gasteiger partial charge in [0.15, 0.2) is 0 Å². The molecule has 136 valence electrons. The van der Waals surface area contributed by atoms with Crippen LogP contribution in [0.5, 0.6) is 0 Å². The highest BCUT2D eigenvalue weighted by atomic mass is 16.3. The van der Waals surface area contributed by atoms with Crippen molar-refractivity contribution in [2.24, 2.45) is 5.92 Å². The van der Waals surface area contributed by atoms with E-state index in [9.17, 15) is 9.90 Å². The molecule has 2 atom stereocenters. The van der Waals surface area contributed by atoms with E-state index in [1.54, 1.807) is 12.4 Å². The maximum Gasteiger partial charge on any atom is 0.233 e. The number of hydrogen-bond acceptors (Lipinski definition) is 3. The Hall–Kier alpha value is -2.20. The minimum absolute atomic E-state index is 0.0931. The first-order valence-corrected chi connectivity index (χ1v) is 9.60. The van der Waals surface area contributed by atoms with Crippen LogP contribution in [-0.4, -0.2) is 40.6 Å². The lowest BCUT2D eigenvalue weighted by molar-refractivity contribution is -0.136. The van der Waals surface area contributed by atoms with E-state index in [4.69, 9.17) is 0 Å². The normalized spacial score (nSPS) is 24.7. The summed E-state index contributed by atoms with van der Waals surface area (Å²) in [6.07, 6.45) is 7.64. The number of carbonyl (C=O) groups excluding carboxylic acids is 1. The summed E-state index contributed by atoms with van der Waals surface area (Å²) in [6, 6.07) is 14.3. The molecule has 0 bridgehead atoms. The number of rotatable bonds is 4. The summed E-state index contributed by atoms with van der Waals surface area (Å²) in [5.74, 6) is 0.521. The number of carbonyl (C=O) groups is 1. The van der Waals surface area contributed by atoms with Crippen LogP contribution in [0.4, 0.5) is 0 Å². The van der Waals surface area contributed by atoms with E-state index in [1.165, 1.54) is 0 Å². The number of amides is 1. The second kappa shape index (κ2) is 7.20. The summed E-state index contributed by atoms with van der Waals surface area (Å²) < 4.78 is 0. The summed E-state index contributed by atoms with van der Waals surface area (Å²) in [5.41, 5.74) is 1.93. The SMILES string of the molecule is O=C(N1CC(CO)C(c2ccncc2)C1)C1(c2ccccc2)CCCC1. The van der Waals surface area contributed by atoms with Crippen LogP contribution in [0.15, 0.2) is 54.9 Å². The Balaban J connectivity index is 1.61. The van der Waals surface area contributed by atoms with Gasteiger partial charge in [0, 0.05) is 43.9 Å². The number of benzene rings is 1. The van der Waals surface area contributed by atoms with Gasteiger partial charge in [-0.3, -0.25) is 9.78 Å². The molecule has 4 rings (SSSR count). The summed E-state index contributed by atoms with van der Waals surface area (Å²) >= 11 is 0. The fraction of sp³-hybridized carbons (Fsp3) is 0.455. The third-order valence-electron chi connectivity index (χ3n) is 6.29. The number of nitrogens with zero attached hydrogens (tertiary/aromatic N) is 2. The zero-order valence-electron chi connectivity index (χ0n) is 15.1. The van der Waals surface area contributed by atoms with Crippen molar-refractivity contribution in [1.82, 2.24) is 9.88 Å². The molecular formula is C22H26N2O2. The van der Waals surface area contributed by atoms with E-state index >= 15 is 0 Å². The van der Waals surface area contributed by atoms with Crippen LogP contribution in [0.2, 0.25) is 0 Å². The number of aromatic nitrogens is 1. The summed E-state index contributed by atoms with van der Waals surface area (Å²) in [4.78, 5) is 19.7. The molecule has 1 aromatic heterocycles. The van der Waals surface area contributed by atoms with Gasteiger partial charge in [0.1, 0.15) is 0 Å². The Bertz CT molecular complexity index is 741. The van der Waals surface area contributed by atoms with Crippen LogP contribution in [0.25, 0.3) is 0 Å². The van der Waals surface area contributed by atoms with Gasteiger partial charge in [-0.05, 0) is 36.1 Å². The van der Waals surface area contributed by atoms with Crippen LogP contribution >= 0.6 is 0 Å². The Kier molecular flexibility index (Phi) is 4.77. The highest BCUT2D eigenvalue weighted by molar-refractivity contribution is 5.89. The van der Waals surface area contributed by atoms with E-state index in [0.717, 1.165) is 36.8 Å². The van der Waals surface area contributed by atoms with E-state index in [2.05, 4.69) is 17.1 Å². The van der Waals surface area contributed by atoms with Gasteiger partial charge in [0.25, 0.3) is 0 Å². The lowest BCUT2D eigenvalue weighted by atomic mass is 9.77. The van der Waals surface area contributed by atoms with Gasteiger partial charge in [-0.15, -0.1) is 0 Å². The minimum atomic E-state index is -0.381. The third kappa shape index (κ3) is 2.92. The summed E-state index contributed by atoms with van der Waals surface area (Å²) in [6.45, 7) is 1.43. The van der Waals surface area contributed by atoms with Crippen molar-refractivity contribution in [3.8, 4) is 0 Å². The van der Waals surface area contributed by atoms with Gasteiger partial charge < -0.3 is 10.0 Å². The second-order valence-electron chi connectivity index (χ2n) is 7.70. The van der Waals surface area contributed by atoms with Gasteiger partial charge in [0.2, 0.25) is 5.91 Å². The van der Waals surface area contributed by atoms with E-state index in [1.807, 2.05) is 35.2 Å². The van der Waals surface area contributed by atoms with E-state index < -0.39 is 0 Å². The molecule has 1 aliphatic carbocycles. The molecule has 26 heavy (non-hydrogen) atoms. The van der Waals surface area contributed by atoms with Crippen LogP contribution in [0, 0.1) is 5.92 Å². The third-order valence-corrected chi connectivity index (χ3v) is 6.29. The molecule has 2 heterocycles. The first kappa shape index (κ1) is 17.2. The second-order valence-corrected chi connectivity index (χ2v) is 7.70. The van der Waals surface area contributed by atoms with Crippen molar-refractivity contribution in [2.45, 2.75) is 37.0 Å². The average Bonchev–Trinajstić information content (AvgIpc) is 3.37. The number of aliphatic hydroxyl groups excluding tert-OH is 1. The van der Waals surface area contributed by atoms with Crippen LogP contribution < -0.4 is 0 Å².